The lowest BCUT2D eigenvalue weighted by molar-refractivity contribution is -0.384. The van der Waals surface area contributed by atoms with Crippen LogP contribution < -0.4 is 5.73 Å². The zero-order valence-electron chi connectivity index (χ0n) is 19.3. The smallest absolute Gasteiger partial charge is 0.296 e. The molecule has 4 aromatic rings. The molecule has 15 nitrogen and oxygen atoms in total. The summed E-state index contributed by atoms with van der Waals surface area (Å²) in [5, 5.41) is 36.8. The van der Waals surface area contributed by atoms with Crippen LogP contribution in [0.25, 0.3) is 10.8 Å². The number of benzene rings is 4. The number of nitro groups is 1. The molecule has 5 N–H and O–H groups in total. The lowest BCUT2D eigenvalue weighted by Crippen LogP contribution is -2.01. The van der Waals surface area contributed by atoms with Crippen LogP contribution in [0.2, 0.25) is 0 Å². The second-order valence-electron chi connectivity index (χ2n) is 7.76. The second-order valence-corrected chi connectivity index (χ2v) is 10.5. The number of nitrogens with zero attached hydrogens (tertiary/aromatic N) is 5. The Morgan fingerprint density at radius 2 is 1.38 bits per heavy atom. The minimum absolute atomic E-state index is 0.0594. The summed E-state index contributed by atoms with van der Waals surface area (Å²) >= 11 is 0. The third-order valence-corrected chi connectivity index (χ3v) is 7.01. The van der Waals surface area contributed by atoms with Gasteiger partial charge in [0, 0.05) is 12.1 Å². The fourth-order valence-corrected chi connectivity index (χ4v) is 4.75. The molecule has 0 fully saturated rings. The van der Waals surface area contributed by atoms with Gasteiger partial charge in [-0.2, -0.15) is 21.9 Å². The molecule has 0 heterocycles. The Balaban J connectivity index is 1.85. The second kappa shape index (κ2) is 10.1. The fourth-order valence-electron chi connectivity index (χ4n) is 3.45. The van der Waals surface area contributed by atoms with E-state index in [4.69, 9.17) is 5.73 Å². The Kier molecular flexibility index (Phi) is 7.07. The highest BCUT2D eigenvalue weighted by atomic mass is 32.2. The first kappa shape index (κ1) is 27.2. The number of non-ortho nitro benzene ring substituents is 1. The van der Waals surface area contributed by atoms with Gasteiger partial charge in [0.2, 0.25) is 0 Å². The molecule has 0 radical (unpaired) electrons. The van der Waals surface area contributed by atoms with Gasteiger partial charge in [0.15, 0.2) is 5.75 Å². The van der Waals surface area contributed by atoms with Gasteiger partial charge in [-0.25, -0.2) is 0 Å². The number of nitrogens with two attached hydrogens (primary N) is 1. The molecule has 0 spiro atoms. The maximum atomic E-state index is 12.1. The van der Waals surface area contributed by atoms with Crippen molar-refractivity contribution in [3.8, 4) is 5.75 Å². The maximum Gasteiger partial charge on any atom is 0.296 e. The van der Waals surface area contributed by atoms with E-state index in [9.17, 15) is 41.2 Å². The Morgan fingerprint density at radius 3 is 2.00 bits per heavy atom. The van der Waals surface area contributed by atoms with Crippen molar-refractivity contribution in [1.82, 2.24) is 0 Å². The van der Waals surface area contributed by atoms with Gasteiger partial charge in [0.25, 0.3) is 25.9 Å². The first-order valence-corrected chi connectivity index (χ1v) is 13.4. The average Bonchev–Trinajstić information content (AvgIpc) is 2.86. The Morgan fingerprint density at radius 1 is 0.769 bits per heavy atom. The van der Waals surface area contributed by atoms with Crippen molar-refractivity contribution in [2.45, 2.75) is 9.79 Å². The number of azo groups is 2. The number of nitro benzene ring substituents is 1. The van der Waals surface area contributed by atoms with E-state index in [0.717, 1.165) is 24.3 Å². The van der Waals surface area contributed by atoms with E-state index in [1.807, 2.05) is 0 Å². The Hall–Kier alpha value is -4.84. The van der Waals surface area contributed by atoms with Crippen LogP contribution in [0.15, 0.2) is 97.0 Å². The van der Waals surface area contributed by atoms with Crippen LogP contribution in [0.5, 0.6) is 5.75 Å². The van der Waals surface area contributed by atoms with E-state index in [1.54, 1.807) is 0 Å². The lowest BCUT2D eigenvalue weighted by atomic mass is 10.1. The monoisotopic (exact) mass is 572 g/mol. The highest BCUT2D eigenvalue weighted by Crippen LogP contribution is 2.45. The van der Waals surface area contributed by atoms with Gasteiger partial charge in [-0.1, -0.05) is 18.2 Å². The van der Waals surface area contributed by atoms with Crippen LogP contribution in [0, 0.1) is 10.1 Å². The topological polar surface area (TPSA) is 248 Å². The quantitative estimate of drug-likeness (QED) is 0.0725. The Bertz CT molecular complexity index is 1910. The van der Waals surface area contributed by atoms with Gasteiger partial charge in [-0.05, 0) is 41.8 Å². The van der Waals surface area contributed by atoms with Gasteiger partial charge in [-0.3, -0.25) is 19.2 Å². The molecule has 0 aliphatic carbocycles. The number of aromatic hydroxyl groups is 1. The van der Waals surface area contributed by atoms with E-state index < -0.39 is 52.1 Å². The first-order valence-electron chi connectivity index (χ1n) is 10.5. The van der Waals surface area contributed by atoms with E-state index in [0.29, 0.717) is 0 Å². The number of hydrogen-bond donors (Lipinski definition) is 4. The van der Waals surface area contributed by atoms with Gasteiger partial charge >= 0.3 is 0 Å². The third-order valence-electron chi connectivity index (χ3n) is 5.25. The molecular weight excluding hydrogens is 556 g/mol. The molecule has 200 valence electrons. The highest BCUT2D eigenvalue weighted by Gasteiger charge is 2.23. The number of fused-ring (bicyclic) bond motifs is 1. The molecule has 4 rings (SSSR count). The SMILES string of the molecule is Nc1c(N=Nc2ccc([N+](=O)[O-])cc2)c(S(=O)(=O)O)cc2ccc(N=Nc3ccccc3S(=O)(=O)O)c(O)c12. The van der Waals surface area contributed by atoms with Crippen molar-refractivity contribution in [3.05, 3.63) is 76.8 Å². The third kappa shape index (κ3) is 5.70. The standard InChI is InChI=1S/C22H16N6O9S2/c23-20-19-12(5-10-16(22(19)29)26-25-15-3-1-2-4-17(15)38(32,33)34)11-18(39(35,36)37)21(20)27-24-13-6-8-14(9-7-13)28(30)31/h1-11,29H,23H2,(H,32,33,34)(H,35,36,37). The predicted molar refractivity (Wildman–Crippen MR) is 138 cm³/mol. The molecule has 0 unspecified atom stereocenters. The van der Waals surface area contributed by atoms with Gasteiger partial charge < -0.3 is 10.8 Å². The number of rotatable bonds is 7. The lowest BCUT2D eigenvalue weighted by Gasteiger charge is -2.12. The van der Waals surface area contributed by atoms with Crippen LogP contribution >= 0.6 is 0 Å². The van der Waals surface area contributed by atoms with Crippen molar-refractivity contribution in [1.29, 1.82) is 0 Å². The zero-order chi connectivity index (χ0) is 28.5. The van der Waals surface area contributed by atoms with Gasteiger partial charge in [0.1, 0.15) is 26.9 Å². The summed E-state index contributed by atoms with van der Waals surface area (Å²) in [5.41, 5.74) is 4.61. The number of phenols is 1. The molecule has 17 heteroatoms. The highest BCUT2D eigenvalue weighted by molar-refractivity contribution is 7.86. The molecule has 4 aromatic carbocycles. The number of phenolic OH excluding ortho intramolecular Hbond substituents is 1. The number of hydrogen-bond acceptors (Lipinski definition) is 12. The first-order chi connectivity index (χ1) is 18.3. The van der Waals surface area contributed by atoms with Crippen molar-refractivity contribution in [2.75, 3.05) is 5.73 Å². The van der Waals surface area contributed by atoms with Crippen molar-refractivity contribution < 1.29 is 36.0 Å². The van der Waals surface area contributed by atoms with Gasteiger partial charge in [0.05, 0.1) is 21.7 Å². The van der Waals surface area contributed by atoms with Crippen LogP contribution in [0.3, 0.4) is 0 Å². The number of anilines is 1. The van der Waals surface area contributed by atoms with E-state index >= 15 is 0 Å². The summed E-state index contributed by atoms with van der Waals surface area (Å²) in [4.78, 5) is 8.94. The van der Waals surface area contributed by atoms with Crippen molar-refractivity contribution in [2.24, 2.45) is 20.5 Å². The van der Waals surface area contributed by atoms with E-state index in [-0.39, 0.29) is 33.5 Å². The minimum atomic E-state index is -4.88. The summed E-state index contributed by atoms with van der Waals surface area (Å²) in [6.07, 6.45) is 0. The normalized spacial score (nSPS) is 12.5. The van der Waals surface area contributed by atoms with Crippen molar-refractivity contribution >= 4 is 65.1 Å². The molecule has 0 atom stereocenters. The molecule has 0 aliphatic heterocycles. The molecule has 39 heavy (non-hydrogen) atoms. The molecular formula is C22H16N6O9S2. The summed E-state index contributed by atoms with van der Waals surface area (Å²) in [7, 11) is -9.51. The van der Waals surface area contributed by atoms with Crippen LogP contribution in [-0.2, 0) is 20.2 Å². The summed E-state index contributed by atoms with van der Waals surface area (Å²) in [5.74, 6) is -0.591. The fraction of sp³-hybridized carbons (Fsp3) is 0. The van der Waals surface area contributed by atoms with E-state index in [1.165, 1.54) is 42.5 Å². The van der Waals surface area contributed by atoms with Crippen LogP contribution in [0.1, 0.15) is 0 Å². The molecule has 0 bridgehead atoms. The van der Waals surface area contributed by atoms with Gasteiger partial charge in [-0.15, -0.1) is 15.3 Å². The molecule has 0 saturated heterocycles. The summed E-state index contributed by atoms with van der Waals surface area (Å²) < 4.78 is 66.4. The molecule has 0 aliphatic rings. The predicted octanol–water partition coefficient (Wildman–Crippen LogP) is 5.36. The maximum absolute atomic E-state index is 12.1. The molecule has 0 amide bonds. The molecule has 0 aromatic heterocycles. The largest absolute Gasteiger partial charge is 0.505 e. The zero-order valence-corrected chi connectivity index (χ0v) is 20.9. The number of nitrogen functional groups attached to an aromatic ring is 1. The minimum Gasteiger partial charge on any atom is -0.505 e. The average molecular weight is 573 g/mol. The molecule has 0 saturated carbocycles. The van der Waals surface area contributed by atoms with Crippen molar-refractivity contribution in [3.63, 3.8) is 0 Å². The summed E-state index contributed by atoms with van der Waals surface area (Å²) in [6.45, 7) is 0. The van der Waals surface area contributed by atoms with E-state index in [2.05, 4.69) is 20.5 Å². The Labute approximate surface area is 219 Å². The van der Waals surface area contributed by atoms with Crippen LogP contribution in [-0.4, -0.2) is 36.0 Å². The summed E-state index contributed by atoms with van der Waals surface area (Å²) in [6, 6.07) is 13.4. The van der Waals surface area contributed by atoms with Crippen LogP contribution in [0.4, 0.5) is 34.1 Å².